The van der Waals surface area contributed by atoms with Crippen molar-refractivity contribution in [1.82, 2.24) is 20.8 Å². The molecule has 158 valence electrons. The van der Waals surface area contributed by atoms with Crippen molar-refractivity contribution in [3.8, 4) is 5.75 Å². The number of fused-ring (bicyclic) bond motifs is 1. The van der Waals surface area contributed by atoms with E-state index in [0.717, 1.165) is 41.1 Å². The van der Waals surface area contributed by atoms with Gasteiger partial charge >= 0.3 is 0 Å². The van der Waals surface area contributed by atoms with E-state index in [9.17, 15) is 4.79 Å². The molecule has 0 radical (unpaired) electrons. The van der Waals surface area contributed by atoms with E-state index in [0.29, 0.717) is 18.8 Å². The fourth-order valence-electron chi connectivity index (χ4n) is 3.58. The number of H-pyrrole nitrogens is 1. The van der Waals surface area contributed by atoms with Crippen molar-refractivity contribution in [3.05, 3.63) is 82.2 Å². The molecule has 1 aromatic heterocycles. The maximum Gasteiger partial charge on any atom is 0.272 e. The maximum atomic E-state index is 12.7. The van der Waals surface area contributed by atoms with E-state index in [-0.39, 0.29) is 24.4 Å². The van der Waals surface area contributed by atoms with Crippen LogP contribution in [0.1, 0.15) is 51.4 Å². The lowest BCUT2D eigenvalue weighted by Gasteiger charge is -2.16. The van der Waals surface area contributed by atoms with E-state index >= 15 is 0 Å². The average molecular weight is 427 g/mol. The zero-order chi connectivity index (χ0) is 20.2. The lowest BCUT2D eigenvalue weighted by molar-refractivity contribution is 0.0933. The molecule has 2 heterocycles. The number of ether oxygens (including phenoxy) is 1. The van der Waals surface area contributed by atoms with Gasteiger partial charge in [-0.05, 0) is 37.1 Å². The molecule has 3 aromatic rings. The summed E-state index contributed by atoms with van der Waals surface area (Å²) in [6.45, 7) is 6.16. The van der Waals surface area contributed by atoms with Crippen LogP contribution in [0.15, 0.2) is 48.5 Å². The number of carbonyl (C=O) groups is 1. The largest absolute Gasteiger partial charge is 0.489 e. The van der Waals surface area contributed by atoms with Crippen LogP contribution in [0.5, 0.6) is 5.75 Å². The monoisotopic (exact) mass is 426 g/mol. The zero-order valence-corrected chi connectivity index (χ0v) is 18.0. The molecule has 30 heavy (non-hydrogen) atoms. The van der Waals surface area contributed by atoms with Gasteiger partial charge in [0.05, 0.1) is 6.04 Å². The Balaban J connectivity index is 0.00000256. The first-order chi connectivity index (χ1) is 14.1. The summed E-state index contributed by atoms with van der Waals surface area (Å²) < 4.78 is 5.88. The first-order valence-electron chi connectivity index (χ1n) is 9.96. The fraction of sp³-hybridized carbons (Fsp3) is 0.304. The number of aryl methyl sites for hydroxylation is 1. The molecule has 7 heteroatoms. The molecule has 0 aliphatic carbocycles. The van der Waals surface area contributed by atoms with Crippen LogP contribution >= 0.6 is 12.4 Å². The summed E-state index contributed by atoms with van der Waals surface area (Å²) in [7, 11) is 0. The second-order valence-electron chi connectivity index (χ2n) is 7.50. The average Bonchev–Trinajstić information content (AvgIpc) is 3.17. The summed E-state index contributed by atoms with van der Waals surface area (Å²) in [5, 5.41) is 13.5. The number of nitrogens with one attached hydrogen (secondary N) is 3. The van der Waals surface area contributed by atoms with Gasteiger partial charge in [0, 0.05) is 30.8 Å². The summed E-state index contributed by atoms with van der Waals surface area (Å²) in [4.78, 5) is 12.7. The van der Waals surface area contributed by atoms with Crippen molar-refractivity contribution in [2.75, 3.05) is 6.54 Å². The third kappa shape index (κ3) is 5.01. The minimum Gasteiger partial charge on any atom is -0.489 e. The number of aromatic amines is 1. The van der Waals surface area contributed by atoms with Crippen molar-refractivity contribution in [2.24, 2.45) is 0 Å². The Bertz CT molecular complexity index is 1000. The summed E-state index contributed by atoms with van der Waals surface area (Å²) in [5.74, 6) is 0.653. The molecule has 1 aliphatic heterocycles. The van der Waals surface area contributed by atoms with Gasteiger partial charge < -0.3 is 15.4 Å². The molecule has 6 nitrogen and oxygen atoms in total. The minimum atomic E-state index is -0.154. The van der Waals surface area contributed by atoms with E-state index in [1.54, 1.807) is 0 Å². The molecule has 0 bridgehead atoms. The highest BCUT2D eigenvalue weighted by Crippen LogP contribution is 2.20. The van der Waals surface area contributed by atoms with Crippen LogP contribution in [0.3, 0.4) is 0 Å². The molecule has 0 saturated heterocycles. The molecule has 4 rings (SSSR count). The van der Waals surface area contributed by atoms with Gasteiger partial charge in [0.15, 0.2) is 5.69 Å². The molecule has 1 atom stereocenters. The third-order valence-electron chi connectivity index (χ3n) is 5.24. The van der Waals surface area contributed by atoms with E-state index in [2.05, 4.69) is 46.0 Å². The number of hydrogen-bond donors (Lipinski definition) is 3. The highest BCUT2D eigenvalue weighted by molar-refractivity contribution is 5.94. The molecule has 1 unspecified atom stereocenters. The zero-order valence-electron chi connectivity index (χ0n) is 17.2. The van der Waals surface area contributed by atoms with E-state index < -0.39 is 0 Å². The summed E-state index contributed by atoms with van der Waals surface area (Å²) in [5.41, 5.74) is 5.89. The smallest absolute Gasteiger partial charge is 0.272 e. The normalized spacial score (nSPS) is 13.7. The molecule has 0 spiro atoms. The quantitative estimate of drug-likeness (QED) is 0.559. The highest BCUT2D eigenvalue weighted by Gasteiger charge is 2.22. The van der Waals surface area contributed by atoms with Crippen molar-refractivity contribution in [2.45, 2.75) is 39.5 Å². The van der Waals surface area contributed by atoms with Crippen LogP contribution in [0.25, 0.3) is 0 Å². The molecule has 1 aliphatic rings. The summed E-state index contributed by atoms with van der Waals surface area (Å²) in [6, 6.07) is 16.0. The second-order valence-corrected chi connectivity index (χ2v) is 7.50. The summed E-state index contributed by atoms with van der Waals surface area (Å²) in [6.07, 6.45) is 0.870. The van der Waals surface area contributed by atoms with Gasteiger partial charge in [0.25, 0.3) is 5.91 Å². The molecule has 2 aromatic carbocycles. The molecule has 0 fully saturated rings. The number of nitrogens with zero attached hydrogens (tertiary/aromatic N) is 1. The van der Waals surface area contributed by atoms with Gasteiger partial charge in [0.1, 0.15) is 12.4 Å². The highest BCUT2D eigenvalue weighted by atomic mass is 35.5. The van der Waals surface area contributed by atoms with E-state index in [4.69, 9.17) is 4.74 Å². The Morgan fingerprint density at radius 1 is 1.23 bits per heavy atom. The Morgan fingerprint density at radius 3 is 2.80 bits per heavy atom. The number of hydrogen-bond acceptors (Lipinski definition) is 4. The van der Waals surface area contributed by atoms with Crippen molar-refractivity contribution < 1.29 is 9.53 Å². The minimum absolute atomic E-state index is 0. The number of aromatic nitrogens is 2. The maximum absolute atomic E-state index is 12.7. The molecular weight excluding hydrogens is 400 g/mol. The molecular formula is C23H27ClN4O2. The standard InChI is InChI=1S/C23H26N4O2.ClH/c1-15-4-3-5-17(12-15)14-29-19-8-6-18(7-9-19)16(2)25-23(28)22-20-13-24-11-10-21(20)26-27-22;/h3-9,12,16,24H,10-11,13-14H2,1-2H3,(H,25,28)(H,26,27);1H. The van der Waals surface area contributed by atoms with Crippen molar-refractivity contribution in [1.29, 1.82) is 0 Å². The predicted octanol–water partition coefficient (Wildman–Crippen LogP) is 3.86. The fourth-order valence-corrected chi connectivity index (χ4v) is 3.58. The Labute approximate surface area is 182 Å². The predicted molar refractivity (Wildman–Crippen MR) is 119 cm³/mol. The van der Waals surface area contributed by atoms with Crippen LogP contribution in [-0.4, -0.2) is 22.6 Å². The van der Waals surface area contributed by atoms with Crippen LogP contribution in [-0.2, 0) is 19.6 Å². The van der Waals surface area contributed by atoms with Gasteiger partial charge in [-0.25, -0.2) is 0 Å². The first-order valence-corrected chi connectivity index (χ1v) is 9.96. The molecule has 1 amide bonds. The Hall–Kier alpha value is -2.83. The lowest BCUT2D eigenvalue weighted by atomic mass is 10.1. The van der Waals surface area contributed by atoms with E-state index in [1.807, 2.05) is 37.3 Å². The molecule has 3 N–H and O–H groups in total. The van der Waals surface area contributed by atoms with Gasteiger partial charge in [-0.2, -0.15) is 5.10 Å². The third-order valence-corrected chi connectivity index (χ3v) is 5.24. The van der Waals surface area contributed by atoms with Gasteiger partial charge in [-0.1, -0.05) is 42.0 Å². The van der Waals surface area contributed by atoms with Crippen LogP contribution in [0, 0.1) is 6.92 Å². The van der Waals surface area contributed by atoms with Crippen LogP contribution < -0.4 is 15.4 Å². The van der Waals surface area contributed by atoms with Gasteiger partial charge in [-0.3, -0.25) is 9.89 Å². The number of rotatable bonds is 6. The van der Waals surface area contributed by atoms with E-state index in [1.165, 1.54) is 5.56 Å². The molecule has 0 saturated carbocycles. The van der Waals surface area contributed by atoms with Gasteiger partial charge in [0.2, 0.25) is 0 Å². The second kappa shape index (κ2) is 9.78. The van der Waals surface area contributed by atoms with Crippen molar-refractivity contribution >= 4 is 18.3 Å². The number of benzene rings is 2. The topological polar surface area (TPSA) is 79.0 Å². The number of carbonyl (C=O) groups excluding carboxylic acids is 1. The number of amides is 1. The Morgan fingerprint density at radius 2 is 2.03 bits per heavy atom. The first kappa shape index (κ1) is 21.9. The lowest BCUT2D eigenvalue weighted by Crippen LogP contribution is -2.30. The summed E-state index contributed by atoms with van der Waals surface area (Å²) >= 11 is 0. The Kier molecular flexibility index (Phi) is 7.13. The number of halogens is 1. The SMILES string of the molecule is Cc1cccc(COc2ccc(C(C)NC(=O)c3n[nH]c4c3CNCC4)cc2)c1.Cl. The van der Waals surface area contributed by atoms with Gasteiger partial charge in [-0.15, -0.1) is 12.4 Å². The van der Waals surface area contributed by atoms with Crippen LogP contribution in [0.2, 0.25) is 0 Å². The van der Waals surface area contributed by atoms with Crippen molar-refractivity contribution in [3.63, 3.8) is 0 Å². The van der Waals surface area contributed by atoms with Crippen LogP contribution in [0.4, 0.5) is 0 Å².